The maximum atomic E-state index is 12.6. The van der Waals surface area contributed by atoms with E-state index in [1.807, 2.05) is 56.3 Å². The molecule has 0 fully saturated rings. The summed E-state index contributed by atoms with van der Waals surface area (Å²) in [7, 11) is 0. The molecule has 0 aliphatic carbocycles. The van der Waals surface area contributed by atoms with Crippen molar-refractivity contribution in [2.24, 2.45) is 0 Å². The van der Waals surface area contributed by atoms with Crippen molar-refractivity contribution in [1.29, 1.82) is 0 Å². The summed E-state index contributed by atoms with van der Waals surface area (Å²) in [6, 6.07) is 22.4. The van der Waals surface area contributed by atoms with Crippen LogP contribution in [0.2, 0.25) is 0 Å². The molecule has 0 bridgehead atoms. The van der Waals surface area contributed by atoms with Gasteiger partial charge in [-0.25, -0.2) is 9.97 Å². The molecule has 156 valence electrons. The van der Waals surface area contributed by atoms with E-state index in [9.17, 15) is 4.79 Å². The van der Waals surface area contributed by atoms with Crippen molar-refractivity contribution in [3.05, 3.63) is 94.7 Å². The Bertz CT molecular complexity index is 1240. The van der Waals surface area contributed by atoms with Gasteiger partial charge in [-0.05, 0) is 55.7 Å². The summed E-state index contributed by atoms with van der Waals surface area (Å²) in [6.07, 6.45) is 0.680. The molecule has 0 unspecified atom stereocenters. The monoisotopic (exact) mass is 427 g/mol. The second-order valence-corrected chi connectivity index (χ2v) is 8.75. The van der Waals surface area contributed by atoms with E-state index >= 15 is 0 Å². The standard InChI is InChI=1S/C26H25N3OS/c1-17-9-12-20(13-10-17)15-24-26(29-22-7-5-4-6-21(22)27-24)31-16-25(30)28-23-14-18(2)8-11-19(23)3/h4-14H,15-16H2,1-3H3,(H,28,30). The van der Waals surface area contributed by atoms with Crippen LogP contribution in [-0.2, 0) is 11.2 Å². The van der Waals surface area contributed by atoms with Crippen LogP contribution in [0.4, 0.5) is 5.69 Å². The molecule has 0 spiro atoms. The van der Waals surface area contributed by atoms with Crippen LogP contribution in [0.3, 0.4) is 0 Å². The number of rotatable bonds is 6. The highest BCUT2D eigenvalue weighted by atomic mass is 32.2. The van der Waals surface area contributed by atoms with Crippen molar-refractivity contribution in [2.75, 3.05) is 11.1 Å². The second-order valence-electron chi connectivity index (χ2n) is 7.78. The molecule has 4 aromatic rings. The van der Waals surface area contributed by atoms with Gasteiger partial charge in [0.25, 0.3) is 0 Å². The molecule has 31 heavy (non-hydrogen) atoms. The van der Waals surface area contributed by atoms with Crippen LogP contribution in [0.1, 0.15) is 27.9 Å². The molecule has 0 saturated carbocycles. The zero-order chi connectivity index (χ0) is 21.8. The highest BCUT2D eigenvalue weighted by Gasteiger charge is 2.13. The molecule has 1 N–H and O–H groups in total. The van der Waals surface area contributed by atoms with Gasteiger partial charge in [0.05, 0.1) is 22.5 Å². The Kier molecular flexibility index (Phi) is 6.33. The smallest absolute Gasteiger partial charge is 0.234 e. The third-order valence-electron chi connectivity index (χ3n) is 5.11. The lowest BCUT2D eigenvalue weighted by Crippen LogP contribution is -2.15. The van der Waals surface area contributed by atoms with Crippen molar-refractivity contribution < 1.29 is 4.79 Å². The number of nitrogens with zero attached hydrogens (tertiary/aromatic N) is 2. The van der Waals surface area contributed by atoms with Crippen molar-refractivity contribution in [1.82, 2.24) is 9.97 Å². The Morgan fingerprint density at radius 3 is 2.29 bits per heavy atom. The largest absolute Gasteiger partial charge is 0.325 e. The average molecular weight is 428 g/mol. The Morgan fingerprint density at radius 1 is 0.871 bits per heavy atom. The van der Waals surface area contributed by atoms with E-state index in [0.717, 1.165) is 38.6 Å². The van der Waals surface area contributed by atoms with Crippen molar-refractivity contribution in [2.45, 2.75) is 32.2 Å². The predicted molar refractivity (Wildman–Crippen MR) is 129 cm³/mol. The lowest BCUT2D eigenvalue weighted by molar-refractivity contribution is -0.113. The third-order valence-corrected chi connectivity index (χ3v) is 6.11. The molecule has 0 aliphatic rings. The highest BCUT2D eigenvalue weighted by Crippen LogP contribution is 2.25. The first-order valence-corrected chi connectivity index (χ1v) is 11.3. The molecule has 0 atom stereocenters. The Morgan fingerprint density at radius 2 is 1.55 bits per heavy atom. The number of aryl methyl sites for hydroxylation is 3. The van der Waals surface area contributed by atoms with Gasteiger partial charge in [-0.1, -0.05) is 65.9 Å². The highest BCUT2D eigenvalue weighted by molar-refractivity contribution is 8.00. The lowest BCUT2D eigenvalue weighted by Gasteiger charge is -2.11. The zero-order valence-corrected chi connectivity index (χ0v) is 18.8. The van der Waals surface area contributed by atoms with E-state index in [1.54, 1.807) is 0 Å². The Hall–Kier alpha value is -3.18. The third kappa shape index (κ3) is 5.30. The van der Waals surface area contributed by atoms with Crippen LogP contribution in [-0.4, -0.2) is 21.6 Å². The first kappa shape index (κ1) is 21.1. The minimum Gasteiger partial charge on any atom is -0.325 e. The molecule has 0 aliphatic heterocycles. The van der Waals surface area contributed by atoms with Crippen LogP contribution in [0, 0.1) is 20.8 Å². The Balaban J connectivity index is 1.55. The van der Waals surface area contributed by atoms with Crippen LogP contribution in [0.25, 0.3) is 11.0 Å². The number of carbonyl (C=O) groups excluding carboxylic acids is 1. The number of hydrogen-bond acceptors (Lipinski definition) is 4. The lowest BCUT2D eigenvalue weighted by atomic mass is 10.1. The molecular weight excluding hydrogens is 402 g/mol. The average Bonchev–Trinajstić information content (AvgIpc) is 2.76. The number of amides is 1. The maximum absolute atomic E-state index is 12.6. The second kappa shape index (κ2) is 9.31. The fourth-order valence-electron chi connectivity index (χ4n) is 3.34. The van der Waals surface area contributed by atoms with Gasteiger partial charge in [-0.3, -0.25) is 4.79 Å². The molecule has 1 aromatic heterocycles. The van der Waals surface area contributed by atoms with Gasteiger partial charge in [-0.2, -0.15) is 0 Å². The Labute approximate surface area is 187 Å². The van der Waals surface area contributed by atoms with Gasteiger partial charge < -0.3 is 5.32 Å². The van der Waals surface area contributed by atoms with Gasteiger partial charge in [0.1, 0.15) is 5.03 Å². The fourth-order valence-corrected chi connectivity index (χ4v) is 4.13. The summed E-state index contributed by atoms with van der Waals surface area (Å²) >= 11 is 1.44. The normalized spacial score (nSPS) is 10.9. The molecule has 4 rings (SSSR count). The summed E-state index contributed by atoms with van der Waals surface area (Å²) in [6.45, 7) is 6.10. The van der Waals surface area contributed by atoms with Crippen molar-refractivity contribution >= 4 is 34.4 Å². The quantitative estimate of drug-likeness (QED) is 0.391. The minimum atomic E-state index is -0.0463. The van der Waals surface area contributed by atoms with Gasteiger partial charge in [-0.15, -0.1) is 0 Å². The van der Waals surface area contributed by atoms with E-state index in [1.165, 1.54) is 22.9 Å². The van der Waals surface area contributed by atoms with Crippen LogP contribution in [0.5, 0.6) is 0 Å². The molecule has 0 radical (unpaired) electrons. The fraction of sp³-hybridized carbons (Fsp3) is 0.192. The number of thioether (sulfide) groups is 1. The van der Waals surface area contributed by atoms with E-state index in [0.29, 0.717) is 6.42 Å². The molecule has 5 heteroatoms. The number of aromatic nitrogens is 2. The predicted octanol–water partition coefficient (Wildman–Crippen LogP) is 5.88. The number of nitrogens with one attached hydrogen (secondary N) is 1. The van der Waals surface area contributed by atoms with Crippen molar-refractivity contribution in [3.8, 4) is 0 Å². The van der Waals surface area contributed by atoms with E-state index in [2.05, 4.69) is 36.5 Å². The SMILES string of the molecule is Cc1ccc(Cc2nc3ccccc3nc2SCC(=O)Nc2cc(C)ccc2C)cc1. The number of anilines is 1. The molecule has 4 nitrogen and oxygen atoms in total. The number of benzene rings is 3. The summed E-state index contributed by atoms with van der Waals surface area (Å²) < 4.78 is 0. The zero-order valence-electron chi connectivity index (χ0n) is 18.0. The summed E-state index contributed by atoms with van der Waals surface area (Å²) in [5, 5.41) is 3.83. The van der Waals surface area contributed by atoms with Crippen molar-refractivity contribution in [3.63, 3.8) is 0 Å². The topological polar surface area (TPSA) is 54.9 Å². The number of hydrogen-bond donors (Lipinski definition) is 1. The van der Waals surface area contributed by atoms with Gasteiger partial charge in [0, 0.05) is 12.1 Å². The molecule has 1 heterocycles. The van der Waals surface area contributed by atoms with Gasteiger partial charge in [0.15, 0.2) is 0 Å². The van der Waals surface area contributed by atoms with Gasteiger partial charge in [0.2, 0.25) is 5.91 Å². The number of para-hydroxylation sites is 2. The van der Waals surface area contributed by atoms with E-state index in [4.69, 9.17) is 9.97 Å². The van der Waals surface area contributed by atoms with E-state index < -0.39 is 0 Å². The molecule has 1 amide bonds. The maximum Gasteiger partial charge on any atom is 0.234 e. The minimum absolute atomic E-state index is 0.0463. The first-order chi connectivity index (χ1) is 15.0. The molecule has 0 saturated heterocycles. The summed E-state index contributed by atoms with van der Waals surface area (Å²) in [5.74, 6) is 0.233. The van der Waals surface area contributed by atoms with Crippen LogP contribution in [0.15, 0.2) is 71.8 Å². The molecular formula is C26H25N3OS. The van der Waals surface area contributed by atoms with Gasteiger partial charge >= 0.3 is 0 Å². The van der Waals surface area contributed by atoms with E-state index in [-0.39, 0.29) is 11.7 Å². The first-order valence-electron chi connectivity index (χ1n) is 10.3. The number of carbonyl (C=O) groups is 1. The summed E-state index contributed by atoms with van der Waals surface area (Å²) in [5.41, 5.74) is 8.04. The summed E-state index contributed by atoms with van der Waals surface area (Å²) in [4.78, 5) is 22.3. The number of fused-ring (bicyclic) bond motifs is 1. The van der Waals surface area contributed by atoms with Crippen LogP contribution >= 0.6 is 11.8 Å². The van der Waals surface area contributed by atoms with Crippen LogP contribution < -0.4 is 5.32 Å². The molecule has 3 aromatic carbocycles.